The summed E-state index contributed by atoms with van der Waals surface area (Å²) in [6.45, 7) is 0. The van der Waals surface area contributed by atoms with E-state index >= 15 is 0 Å². The van der Waals surface area contributed by atoms with E-state index in [1.165, 1.54) is 18.2 Å². The Balaban J connectivity index is 2.65. The van der Waals surface area contributed by atoms with Crippen LogP contribution in [0.15, 0.2) is 24.3 Å². The van der Waals surface area contributed by atoms with Crippen molar-refractivity contribution in [1.29, 1.82) is 0 Å². The van der Waals surface area contributed by atoms with Crippen LogP contribution in [0, 0.1) is 0 Å². The lowest BCUT2D eigenvalue weighted by Gasteiger charge is -2.11. The quantitative estimate of drug-likeness (QED) is 0.791. The second-order valence-corrected chi connectivity index (χ2v) is 4.09. The number of halogens is 5. The second kappa shape index (κ2) is 4.78. The van der Waals surface area contributed by atoms with E-state index in [1.807, 2.05) is 0 Å². The fourth-order valence-electron chi connectivity index (χ4n) is 1.47. The Morgan fingerprint density at radius 1 is 1.22 bits per heavy atom. The van der Waals surface area contributed by atoms with Gasteiger partial charge in [-0.1, -0.05) is 17.7 Å². The zero-order valence-corrected chi connectivity index (χ0v) is 10.3. The van der Waals surface area contributed by atoms with Crippen LogP contribution in [0.2, 0.25) is 5.02 Å². The van der Waals surface area contributed by atoms with Crippen molar-refractivity contribution >= 4 is 23.2 Å². The van der Waals surface area contributed by atoms with Crippen molar-refractivity contribution in [2.24, 2.45) is 0 Å². The van der Waals surface area contributed by atoms with Gasteiger partial charge >= 0.3 is 6.18 Å². The molecule has 0 aliphatic carbocycles. The molecular weight excluding hydrogens is 290 g/mol. The van der Waals surface area contributed by atoms with E-state index in [9.17, 15) is 13.2 Å². The molecule has 0 unspecified atom stereocenters. The Labute approximate surface area is 110 Å². The van der Waals surface area contributed by atoms with Crippen molar-refractivity contribution in [3.8, 4) is 5.69 Å². The largest absolute Gasteiger partial charge is 0.452 e. The second-order valence-electron chi connectivity index (χ2n) is 3.39. The maximum absolute atomic E-state index is 12.8. The summed E-state index contributed by atoms with van der Waals surface area (Å²) in [7, 11) is 0. The molecular formula is C10H6Cl2F3N3. The molecule has 0 atom stereocenters. The molecule has 0 spiro atoms. The van der Waals surface area contributed by atoms with Gasteiger partial charge in [0.1, 0.15) is 0 Å². The smallest absolute Gasteiger partial charge is 0.274 e. The van der Waals surface area contributed by atoms with Crippen LogP contribution < -0.4 is 0 Å². The number of benzene rings is 1. The van der Waals surface area contributed by atoms with Crippen LogP contribution in [0.5, 0.6) is 0 Å². The zero-order valence-electron chi connectivity index (χ0n) is 8.75. The van der Waals surface area contributed by atoms with Gasteiger partial charge in [0, 0.05) is 5.02 Å². The van der Waals surface area contributed by atoms with E-state index in [-0.39, 0.29) is 17.4 Å². The van der Waals surface area contributed by atoms with Gasteiger partial charge in [0.15, 0.2) is 5.82 Å². The van der Waals surface area contributed by atoms with E-state index in [4.69, 9.17) is 23.2 Å². The first kappa shape index (κ1) is 13.2. The van der Waals surface area contributed by atoms with Gasteiger partial charge in [-0.2, -0.15) is 13.2 Å². The number of nitrogens with zero attached hydrogens (tertiary/aromatic N) is 3. The molecule has 18 heavy (non-hydrogen) atoms. The minimum absolute atomic E-state index is 0.00579. The normalized spacial score (nSPS) is 11.8. The first-order chi connectivity index (χ1) is 8.43. The lowest BCUT2D eigenvalue weighted by molar-refractivity contribution is -0.146. The van der Waals surface area contributed by atoms with Crippen LogP contribution in [0.25, 0.3) is 5.69 Å². The molecule has 1 aromatic carbocycles. The van der Waals surface area contributed by atoms with E-state index < -0.39 is 12.0 Å². The van der Waals surface area contributed by atoms with Gasteiger partial charge in [0.25, 0.3) is 0 Å². The summed E-state index contributed by atoms with van der Waals surface area (Å²) in [6.07, 6.45) is -4.61. The Bertz CT molecular complexity index is 566. The number of rotatable bonds is 2. The number of hydrogen-bond donors (Lipinski definition) is 0. The molecule has 8 heteroatoms. The highest BCUT2D eigenvalue weighted by Gasteiger charge is 2.38. The van der Waals surface area contributed by atoms with Crippen molar-refractivity contribution < 1.29 is 13.2 Å². The maximum atomic E-state index is 12.8. The van der Waals surface area contributed by atoms with Gasteiger partial charge in [0.2, 0.25) is 5.82 Å². The van der Waals surface area contributed by atoms with Gasteiger partial charge in [-0.25, -0.2) is 0 Å². The topological polar surface area (TPSA) is 30.7 Å². The average molecular weight is 296 g/mol. The minimum atomic E-state index is -4.61. The van der Waals surface area contributed by atoms with Crippen molar-refractivity contribution in [2.45, 2.75) is 12.1 Å². The van der Waals surface area contributed by atoms with E-state index in [2.05, 4.69) is 10.2 Å². The van der Waals surface area contributed by atoms with Gasteiger partial charge in [0.05, 0.1) is 11.6 Å². The number of hydrogen-bond acceptors (Lipinski definition) is 2. The van der Waals surface area contributed by atoms with Crippen molar-refractivity contribution in [1.82, 2.24) is 14.8 Å². The van der Waals surface area contributed by atoms with Crippen LogP contribution >= 0.6 is 23.2 Å². The van der Waals surface area contributed by atoms with Crippen molar-refractivity contribution in [3.63, 3.8) is 0 Å². The summed E-state index contributed by atoms with van der Waals surface area (Å²) in [5.41, 5.74) is 0.218. The number of aromatic nitrogens is 3. The third-order valence-corrected chi connectivity index (χ3v) is 2.64. The summed E-state index contributed by atoms with van der Waals surface area (Å²) in [4.78, 5) is 0. The zero-order chi connectivity index (χ0) is 13.3. The van der Waals surface area contributed by atoms with Gasteiger partial charge in [-0.15, -0.1) is 21.8 Å². The van der Waals surface area contributed by atoms with E-state index in [0.29, 0.717) is 5.02 Å². The highest BCUT2D eigenvalue weighted by Crippen LogP contribution is 2.31. The van der Waals surface area contributed by atoms with Crippen molar-refractivity contribution in [3.05, 3.63) is 40.9 Å². The maximum Gasteiger partial charge on any atom is 0.452 e. The fourth-order valence-corrected chi connectivity index (χ4v) is 1.83. The Kier molecular flexibility index (Phi) is 3.49. The third-order valence-electron chi connectivity index (χ3n) is 2.17. The van der Waals surface area contributed by atoms with Gasteiger partial charge < -0.3 is 0 Å². The molecule has 1 aromatic heterocycles. The van der Waals surface area contributed by atoms with Gasteiger partial charge in [-0.3, -0.25) is 4.57 Å². The predicted molar refractivity (Wildman–Crippen MR) is 60.9 cm³/mol. The van der Waals surface area contributed by atoms with Crippen LogP contribution in [0.4, 0.5) is 13.2 Å². The Morgan fingerprint density at radius 2 is 1.94 bits per heavy atom. The van der Waals surface area contributed by atoms with E-state index in [0.717, 1.165) is 4.57 Å². The van der Waals surface area contributed by atoms with E-state index in [1.54, 1.807) is 6.07 Å². The summed E-state index contributed by atoms with van der Waals surface area (Å²) >= 11 is 11.3. The molecule has 0 aliphatic heterocycles. The molecule has 0 amide bonds. The lowest BCUT2D eigenvalue weighted by Crippen LogP contribution is -2.15. The molecule has 0 bridgehead atoms. The highest BCUT2D eigenvalue weighted by atomic mass is 35.5. The molecule has 1 heterocycles. The van der Waals surface area contributed by atoms with Crippen LogP contribution in [-0.4, -0.2) is 14.8 Å². The molecule has 0 saturated carbocycles. The summed E-state index contributed by atoms with van der Waals surface area (Å²) in [5.74, 6) is -1.30. The Morgan fingerprint density at radius 3 is 2.50 bits per heavy atom. The van der Waals surface area contributed by atoms with Crippen LogP contribution in [0.1, 0.15) is 11.6 Å². The average Bonchev–Trinajstić information content (AvgIpc) is 2.72. The molecule has 2 rings (SSSR count). The number of alkyl halides is 4. The summed E-state index contributed by atoms with van der Waals surface area (Å²) < 4.78 is 39.2. The summed E-state index contributed by atoms with van der Waals surface area (Å²) in [6, 6.07) is 5.95. The third kappa shape index (κ3) is 2.44. The molecule has 0 radical (unpaired) electrons. The Hall–Kier alpha value is -1.27. The first-order valence-electron chi connectivity index (χ1n) is 4.77. The molecule has 2 aromatic rings. The van der Waals surface area contributed by atoms with Crippen LogP contribution in [0.3, 0.4) is 0 Å². The molecule has 0 aliphatic rings. The molecule has 96 valence electrons. The molecule has 0 N–H and O–H groups in total. The summed E-state index contributed by atoms with van der Waals surface area (Å²) in [5, 5.41) is 6.86. The minimum Gasteiger partial charge on any atom is -0.274 e. The molecule has 0 fully saturated rings. The lowest BCUT2D eigenvalue weighted by atomic mass is 10.3. The van der Waals surface area contributed by atoms with Crippen molar-refractivity contribution in [2.75, 3.05) is 0 Å². The van der Waals surface area contributed by atoms with Gasteiger partial charge in [-0.05, 0) is 18.2 Å². The predicted octanol–water partition coefficient (Wildman–Crippen LogP) is 3.68. The molecule has 0 saturated heterocycles. The fraction of sp³-hybridized carbons (Fsp3) is 0.200. The molecule has 3 nitrogen and oxygen atoms in total. The SMILES string of the molecule is FC(F)(F)c1nnc(CCl)n1-c1cccc(Cl)c1. The first-order valence-corrected chi connectivity index (χ1v) is 5.68. The highest BCUT2D eigenvalue weighted by molar-refractivity contribution is 6.30. The monoisotopic (exact) mass is 295 g/mol. The van der Waals surface area contributed by atoms with Crippen LogP contribution in [-0.2, 0) is 12.1 Å². The standard InChI is InChI=1S/C10H6Cl2F3N3/c11-5-8-16-17-9(10(13,14)15)18(8)7-3-1-2-6(12)4-7/h1-4H,5H2.